The van der Waals surface area contributed by atoms with Crippen molar-refractivity contribution in [1.29, 1.82) is 5.41 Å². The molecule has 41 heteroatoms. The molecule has 0 bridgehead atoms. The van der Waals surface area contributed by atoms with Gasteiger partial charge >= 0.3 is 11.9 Å². The zero-order chi connectivity index (χ0) is 85.1. The summed E-state index contributed by atoms with van der Waals surface area (Å²) >= 11 is 0. The molecule has 4 aromatic rings. The Morgan fingerprint density at radius 1 is 0.465 bits per heavy atom. The highest BCUT2D eigenvalue weighted by Crippen LogP contribution is 2.18. The first-order chi connectivity index (χ1) is 53.8. The molecule has 27 N–H and O–H groups in total. The summed E-state index contributed by atoms with van der Waals surface area (Å²) in [5, 5.41) is 90.5. The van der Waals surface area contributed by atoms with Gasteiger partial charge in [-0.3, -0.25) is 72.5 Å². The molecule has 0 spiro atoms. The van der Waals surface area contributed by atoms with Crippen LogP contribution in [0, 0.1) is 29.1 Å². The van der Waals surface area contributed by atoms with Crippen LogP contribution in [0.4, 0.5) is 0 Å². The number of H-pyrrole nitrogens is 2. The van der Waals surface area contributed by atoms with Gasteiger partial charge < -0.3 is 122 Å². The molecular formula is C73H109N21O20. The van der Waals surface area contributed by atoms with E-state index in [2.05, 4.69) is 89.1 Å². The molecule has 0 aliphatic heterocycles. The highest BCUT2D eigenvalue weighted by Gasteiger charge is 2.39. The Labute approximate surface area is 657 Å². The number of imidazole rings is 2. The van der Waals surface area contributed by atoms with Crippen LogP contribution < -0.4 is 86.3 Å². The number of carbonyl (C=O) groups is 15. The number of carboxylic acid groups (broad SMARTS) is 2. The summed E-state index contributed by atoms with van der Waals surface area (Å²) in [6.07, 6.45) is 2.80. The summed E-state index contributed by atoms with van der Waals surface area (Å²) < 4.78 is 0. The van der Waals surface area contributed by atoms with Gasteiger partial charge in [-0.2, -0.15) is 0 Å². The lowest BCUT2D eigenvalue weighted by molar-refractivity contribution is -0.143. The molecule has 4 rings (SSSR count). The summed E-state index contributed by atoms with van der Waals surface area (Å²) in [6, 6.07) is -7.13. The molecule has 0 saturated heterocycles. The molecule has 13 atom stereocenters. The standard InChI is InChI=1S/C73H109N21O20/c1-9-39(8)60(94-70(111)59(38(6)7)93-66(107)51(27-41-14-18-45(97)19-15-41)88-68(109)54(33-95)84-56(99)32-81-62(103)50(26-40-12-16-44(96)17-13-40)87-61(102)46(74)20-22-55(75)98)71(112)86-47(11-10-24-80-73(76)77)63(104)89-52(28-42-30-78-34-82-42)67(108)92-58(37(4)5)69(110)90-49(25-36(2)3)65(106)85-48(21-23-57(100)101)64(105)91-53(72(113)114)29-43-31-79-35-83-43/h12-19,30-31,34-39,46-54,58-60,95-97H,9-11,20-29,32-33,74H2,1-8H3,(H2,75,98)(H,78,82)(H,79,83)(H,81,103)(H,84,99)(H,85,106)(H,86,112)(H,87,102)(H,88,109)(H,89,104)(H,90,110)(H,91,105)(H,92,108)(H,93,107)(H,94,111)(H,100,101)(H,113,114)(H4,76,77,80)/t39-,46-,47-,48-,49-,50-,51-,52-,53-,54-,58-,59-,60-/m0/s1. The average molecular weight is 1600 g/mol. The largest absolute Gasteiger partial charge is 0.508 e. The molecule has 0 saturated carbocycles. The van der Waals surface area contributed by atoms with Crippen LogP contribution in [0.25, 0.3) is 0 Å². The smallest absolute Gasteiger partial charge is 0.326 e. The number of aromatic nitrogens is 4. The van der Waals surface area contributed by atoms with Crippen molar-refractivity contribution in [2.75, 3.05) is 19.7 Å². The monoisotopic (exact) mass is 1600 g/mol. The number of aromatic hydroxyl groups is 2. The predicted octanol–water partition coefficient (Wildman–Crippen LogP) is -4.53. The Morgan fingerprint density at radius 3 is 1.33 bits per heavy atom. The molecule has 0 radical (unpaired) electrons. The Hall–Kier alpha value is -12.3. The lowest BCUT2D eigenvalue weighted by Gasteiger charge is -2.31. The number of nitrogens with one attached hydrogen (secondary N) is 16. The van der Waals surface area contributed by atoms with Crippen LogP contribution in [0.15, 0.2) is 73.6 Å². The number of aliphatic hydroxyl groups is 1. The summed E-state index contributed by atoms with van der Waals surface area (Å²) in [7, 11) is 0. The number of phenols is 2. The number of aliphatic carboxylic acids is 2. The van der Waals surface area contributed by atoms with E-state index in [0.717, 1.165) is 0 Å². The van der Waals surface area contributed by atoms with Gasteiger partial charge in [0.05, 0.1) is 43.2 Å². The second-order valence-electron chi connectivity index (χ2n) is 28.5. The zero-order valence-corrected chi connectivity index (χ0v) is 64.8. The number of nitrogens with two attached hydrogens (primary N) is 3. The minimum atomic E-state index is -1.79. The lowest BCUT2D eigenvalue weighted by Crippen LogP contribution is -2.62. The Bertz CT molecular complexity index is 3900. The second kappa shape index (κ2) is 47.2. The maximum Gasteiger partial charge on any atom is 0.326 e. The average Bonchev–Trinajstić information content (AvgIpc) is 1.21. The highest BCUT2D eigenvalue weighted by atomic mass is 16.4. The SMILES string of the molecule is CC[C@H](C)[C@H](NC(=O)[C@@H](NC(=O)[C@H](Cc1ccc(O)cc1)NC(=O)[C@H](CO)NC(=O)CNC(=O)[C@H](Cc1ccc(O)cc1)NC(=O)[C@@H](N)CCC(N)=O)C(C)C)C(=O)N[C@@H](CCCNC(=N)N)C(=O)N[C@@H](Cc1c[nH]cn1)C(=O)N[C@H](C(=O)N[C@@H](CC(C)C)C(=O)N[C@@H](CCC(=O)O)C(=O)N[C@@H](Cc1c[nH]cn1)C(=O)O)C(C)C. The minimum absolute atomic E-state index is 0.000174. The van der Waals surface area contributed by atoms with Gasteiger partial charge in [-0.05, 0) is 91.2 Å². The van der Waals surface area contributed by atoms with Crippen molar-refractivity contribution >= 4 is 94.7 Å². The first-order valence-electron chi connectivity index (χ1n) is 37.1. The van der Waals surface area contributed by atoms with Crippen molar-refractivity contribution < 1.29 is 97.5 Å². The topological polar surface area (TPSA) is 673 Å². The van der Waals surface area contributed by atoms with Crippen LogP contribution in [0.1, 0.15) is 129 Å². The van der Waals surface area contributed by atoms with Crippen LogP contribution in [-0.2, 0) is 97.6 Å². The van der Waals surface area contributed by atoms with Crippen LogP contribution >= 0.6 is 0 Å². The first-order valence-corrected chi connectivity index (χ1v) is 37.1. The van der Waals surface area contributed by atoms with Gasteiger partial charge in [-0.15, -0.1) is 0 Å². The van der Waals surface area contributed by atoms with Gasteiger partial charge in [0.25, 0.3) is 0 Å². The quantitative estimate of drug-likeness (QED) is 0.0112. The molecule has 0 aliphatic carbocycles. The first kappa shape index (κ1) is 94.1. The number of carbonyl (C=O) groups excluding carboxylic acids is 13. The van der Waals surface area contributed by atoms with Crippen LogP contribution in [0.2, 0.25) is 0 Å². The number of carboxylic acids is 2. The van der Waals surface area contributed by atoms with Gasteiger partial charge in [0.2, 0.25) is 76.8 Å². The van der Waals surface area contributed by atoms with Crippen molar-refractivity contribution in [2.24, 2.45) is 40.9 Å². The van der Waals surface area contributed by atoms with Crippen molar-refractivity contribution in [3.8, 4) is 11.5 Å². The fourth-order valence-electron chi connectivity index (χ4n) is 11.4. The summed E-state index contributed by atoms with van der Waals surface area (Å²) in [5.41, 5.74) is 18.0. The van der Waals surface area contributed by atoms with E-state index in [4.69, 9.17) is 22.6 Å². The van der Waals surface area contributed by atoms with E-state index in [1.165, 1.54) is 73.6 Å². The third-order valence-electron chi connectivity index (χ3n) is 18.0. The Kier molecular flexibility index (Phi) is 38.9. The van der Waals surface area contributed by atoms with Gasteiger partial charge in [-0.25, -0.2) is 14.8 Å². The molecule has 2 aromatic carbocycles. The number of rotatable bonds is 50. The summed E-state index contributed by atoms with van der Waals surface area (Å²) in [5.74, 6) is -18.3. The van der Waals surface area contributed by atoms with Crippen molar-refractivity contribution in [3.05, 3.63) is 96.1 Å². The molecule has 41 nitrogen and oxygen atoms in total. The minimum Gasteiger partial charge on any atom is -0.508 e. The van der Waals surface area contributed by atoms with Gasteiger partial charge in [0.15, 0.2) is 5.96 Å². The van der Waals surface area contributed by atoms with Crippen molar-refractivity contribution in [1.82, 2.24) is 89.1 Å². The Morgan fingerprint density at radius 2 is 0.877 bits per heavy atom. The molecular weight excluding hydrogens is 1490 g/mol. The van der Waals surface area contributed by atoms with E-state index in [1.54, 1.807) is 55.4 Å². The summed E-state index contributed by atoms with van der Waals surface area (Å²) in [6.45, 7) is 11.1. The van der Waals surface area contributed by atoms with Crippen LogP contribution in [0.5, 0.6) is 11.5 Å². The molecule has 2 heterocycles. The lowest BCUT2D eigenvalue weighted by atomic mass is 9.95. The maximum atomic E-state index is 14.8. The number of hydrogen-bond donors (Lipinski definition) is 24. The number of aromatic amines is 2. The van der Waals surface area contributed by atoms with Crippen molar-refractivity contribution in [2.45, 2.75) is 205 Å². The predicted molar refractivity (Wildman–Crippen MR) is 408 cm³/mol. The number of aliphatic hydroxyl groups excluding tert-OH is 1. The number of guanidine groups is 1. The van der Waals surface area contributed by atoms with Gasteiger partial charge in [0, 0.05) is 57.5 Å². The van der Waals surface area contributed by atoms with Gasteiger partial charge in [0.1, 0.15) is 78.0 Å². The maximum absolute atomic E-state index is 14.8. The molecule has 114 heavy (non-hydrogen) atoms. The Balaban J connectivity index is 1.58. The normalized spacial score (nSPS) is 14.6. The second-order valence-corrected chi connectivity index (χ2v) is 28.5. The third-order valence-corrected chi connectivity index (χ3v) is 18.0. The van der Waals surface area contributed by atoms with Crippen LogP contribution in [0.3, 0.4) is 0 Å². The highest BCUT2D eigenvalue weighted by molar-refractivity contribution is 6.00. The van der Waals surface area contributed by atoms with E-state index in [9.17, 15) is 97.5 Å². The number of benzene rings is 2. The van der Waals surface area contributed by atoms with Gasteiger partial charge in [-0.1, -0.05) is 86.1 Å². The number of nitrogens with zero attached hydrogens (tertiary/aromatic N) is 2. The number of amides is 13. The molecule has 2 aromatic heterocycles. The van der Waals surface area contributed by atoms with E-state index in [-0.39, 0.29) is 99.6 Å². The number of primary amides is 1. The van der Waals surface area contributed by atoms with Crippen LogP contribution in [-0.4, -0.2) is 232 Å². The molecule has 0 fully saturated rings. The number of hydrogen-bond acceptors (Lipinski definition) is 22. The van der Waals surface area contributed by atoms with E-state index >= 15 is 0 Å². The van der Waals surface area contributed by atoms with E-state index in [1.807, 2.05) is 0 Å². The molecule has 13 amide bonds. The zero-order valence-electron chi connectivity index (χ0n) is 64.8. The molecule has 0 unspecified atom stereocenters. The fraction of sp³-hybridized carbons (Fsp3) is 0.534. The fourth-order valence-corrected chi connectivity index (χ4v) is 11.4. The van der Waals surface area contributed by atoms with E-state index in [0.29, 0.717) is 11.1 Å². The van der Waals surface area contributed by atoms with Crippen molar-refractivity contribution in [3.63, 3.8) is 0 Å². The molecule has 626 valence electrons. The third kappa shape index (κ3) is 32.9. The summed E-state index contributed by atoms with van der Waals surface area (Å²) in [4.78, 5) is 219. The molecule has 0 aliphatic rings. The number of phenolic OH excluding ortho intramolecular Hbond substituents is 2. The van der Waals surface area contributed by atoms with E-state index < -0.39 is 211 Å².